The zero-order chi connectivity index (χ0) is 19.5. The Kier molecular flexibility index (Phi) is 6.41. The first kappa shape index (κ1) is 20.8. The summed E-state index contributed by atoms with van der Waals surface area (Å²) >= 11 is 8.18. The summed E-state index contributed by atoms with van der Waals surface area (Å²) in [6.07, 6.45) is -0.723. The lowest BCUT2D eigenvalue weighted by atomic mass is 10.2. The average Bonchev–Trinajstić information content (AvgIpc) is 2.49. The minimum absolute atomic E-state index is 0.0356. The fourth-order valence-electron chi connectivity index (χ4n) is 1.91. The van der Waals surface area contributed by atoms with Crippen molar-refractivity contribution in [3.63, 3.8) is 0 Å². The molecule has 6 nitrogen and oxygen atoms in total. The molecule has 0 saturated carbocycles. The minimum Gasteiger partial charge on any atom is -0.444 e. The van der Waals surface area contributed by atoms with E-state index in [4.69, 9.17) is 16.3 Å². The van der Waals surface area contributed by atoms with Gasteiger partial charge in [-0.2, -0.15) is 0 Å². The molecule has 26 heavy (non-hydrogen) atoms. The Hall–Kier alpha value is -1.52. The minimum atomic E-state index is -3.84. The molecule has 0 bridgehead atoms. The van der Waals surface area contributed by atoms with Crippen LogP contribution in [-0.2, 0) is 14.8 Å². The Morgan fingerprint density at radius 1 is 1.12 bits per heavy atom. The monoisotopic (exact) mass is 508 g/mol. The van der Waals surface area contributed by atoms with Crippen molar-refractivity contribution in [3.05, 3.63) is 51.1 Å². The normalized spacial score (nSPS) is 11.7. The number of sulfonamides is 1. The number of amides is 1. The number of rotatable bonds is 4. The van der Waals surface area contributed by atoms with Crippen molar-refractivity contribution in [2.24, 2.45) is 0 Å². The molecule has 2 aromatic carbocycles. The van der Waals surface area contributed by atoms with E-state index in [1.165, 1.54) is 18.2 Å². The van der Waals surface area contributed by atoms with Crippen LogP contribution in [0, 0.1) is 3.57 Å². The Morgan fingerprint density at radius 3 is 2.31 bits per heavy atom. The summed E-state index contributed by atoms with van der Waals surface area (Å²) in [5, 5.41) is 2.66. The first-order valence-corrected chi connectivity index (χ1v) is 10.5. The molecule has 0 spiro atoms. The Labute approximate surface area is 171 Å². The topological polar surface area (TPSA) is 84.5 Å². The summed E-state index contributed by atoms with van der Waals surface area (Å²) in [6.45, 7) is 5.17. The van der Waals surface area contributed by atoms with Crippen LogP contribution < -0.4 is 10.0 Å². The summed E-state index contributed by atoms with van der Waals surface area (Å²) in [6, 6.07) is 10.9. The first-order chi connectivity index (χ1) is 12.0. The van der Waals surface area contributed by atoms with Crippen LogP contribution >= 0.6 is 34.2 Å². The smallest absolute Gasteiger partial charge is 0.412 e. The highest BCUT2D eigenvalue weighted by atomic mass is 127. The van der Waals surface area contributed by atoms with Crippen LogP contribution in [0.15, 0.2) is 47.4 Å². The molecule has 1 amide bonds. The molecule has 0 fully saturated rings. The third-order valence-electron chi connectivity index (χ3n) is 2.98. The molecule has 0 aliphatic rings. The zero-order valence-corrected chi connectivity index (χ0v) is 18.1. The second-order valence-corrected chi connectivity index (χ2v) is 9.72. The lowest BCUT2D eigenvalue weighted by Gasteiger charge is -2.20. The number of anilines is 2. The predicted molar refractivity (Wildman–Crippen MR) is 111 cm³/mol. The highest BCUT2D eigenvalue weighted by molar-refractivity contribution is 14.1. The molecular formula is C17H18ClIN2O4S. The van der Waals surface area contributed by atoms with Gasteiger partial charge in [-0.1, -0.05) is 11.6 Å². The average molecular weight is 509 g/mol. The fourth-order valence-corrected chi connectivity index (χ4v) is 3.52. The van der Waals surface area contributed by atoms with E-state index in [0.717, 1.165) is 3.57 Å². The molecule has 0 aliphatic heterocycles. The van der Waals surface area contributed by atoms with Crippen LogP contribution in [0.2, 0.25) is 5.02 Å². The molecule has 0 heterocycles. The molecule has 140 valence electrons. The number of nitrogens with one attached hydrogen (secondary N) is 2. The summed E-state index contributed by atoms with van der Waals surface area (Å²) in [4.78, 5) is 11.9. The molecule has 9 heteroatoms. The quantitative estimate of drug-likeness (QED) is 0.563. The van der Waals surface area contributed by atoms with Gasteiger partial charge in [-0.3, -0.25) is 10.0 Å². The summed E-state index contributed by atoms with van der Waals surface area (Å²) < 4.78 is 33.8. The van der Waals surface area contributed by atoms with Crippen molar-refractivity contribution in [2.45, 2.75) is 31.3 Å². The molecule has 0 unspecified atom stereocenters. The van der Waals surface area contributed by atoms with Crippen LogP contribution in [0.5, 0.6) is 0 Å². The Balaban J connectivity index is 2.24. The van der Waals surface area contributed by atoms with E-state index in [1.807, 2.05) is 0 Å². The van der Waals surface area contributed by atoms with Crippen LogP contribution in [0.3, 0.4) is 0 Å². The molecule has 0 aliphatic carbocycles. The number of hydrogen-bond donors (Lipinski definition) is 2. The van der Waals surface area contributed by atoms with E-state index in [0.29, 0.717) is 5.69 Å². The lowest BCUT2D eigenvalue weighted by Crippen LogP contribution is -2.27. The zero-order valence-electron chi connectivity index (χ0n) is 14.3. The number of carbonyl (C=O) groups excluding carboxylic acids is 1. The third kappa shape index (κ3) is 6.03. The van der Waals surface area contributed by atoms with Gasteiger partial charge in [0.2, 0.25) is 0 Å². The molecular weight excluding hydrogens is 491 g/mol. The van der Waals surface area contributed by atoms with Gasteiger partial charge in [0.05, 0.1) is 15.6 Å². The summed E-state index contributed by atoms with van der Waals surface area (Å²) in [5.41, 5.74) is -0.111. The van der Waals surface area contributed by atoms with Crippen LogP contribution in [0.4, 0.5) is 16.2 Å². The highest BCUT2D eigenvalue weighted by Crippen LogP contribution is 2.27. The lowest BCUT2D eigenvalue weighted by molar-refractivity contribution is 0.0636. The van der Waals surface area contributed by atoms with E-state index in [-0.39, 0.29) is 15.6 Å². The van der Waals surface area contributed by atoms with Gasteiger partial charge < -0.3 is 4.74 Å². The molecule has 2 rings (SSSR count). The van der Waals surface area contributed by atoms with Crippen molar-refractivity contribution in [3.8, 4) is 0 Å². The van der Waals surface area contributed by atoms with Gasteiger partial charge in [-0.05, 0) is 85.8 Å². The van der Waals surface area contributed by atoms with Crippen molar-refractivity contribution in [1.82, 2.24) is 0 Å². The first-order valence-electron chi connectivity index (χ1n) is 7.54. The fraction of sp³-hybridized carbons (Fsp3) is 0.235. The number of carbonyl (C=O) groups is 1. The van der Waals surface area contributed by atoms with Crippen LogP contribution in [-0.4, -0.2) is 20.1 Å². The SMILES string of the molecule is CC(C)(C)OC(=O)Nc1cc(S(=O)(=O)Nc2ccc(I)cc2)ccc1Cl. The van der Waals surface area contributed by atoms with Crippen LogP contribution in [0.25, 0.3) is 0 Å². The number of halogens is 2. The molecule has 2 N–H and O–H groups in total. The molecule has 0 atom stereocenters. The van der Waals surface area contributed by atoms with E-state index in [9.17, 15) is 13.2 Å². The summed E-state index contributed by atoms with van der Waals surface area (Å²) in [5.74, 6) is 0. The maximum atomic E-state index is 12.6. The molecule has 2 aromatic rings. The van der Waals surface area contributed by atoms with Crippen molar-refractivity contribution < 1.29 is 17.9 Å². The van der Waals surface area contributed by atoms with Crippen molar-refractivity contribution in [1.29, 1.82) is 0 Å². The van der Waals surface area contributed by atoms with Crippen molar-refractivity contribution >= 4 is 61.7 Å². The largest absolute Gasteiger partial charge is 0.444 e. The van der Waals surface area contributed by atoms with E-state index >= 15 is 0 Å². The maximum Gasteiger partial charge on any atom is 0.412 e. The van der Waals surface area contributed by atoms with Crippen molar-refractivity contribution in [2.75, 3.05) is 10.0 Å². The van der Waals surface area contributed by atoms with Gasteiger partial charge in [0.1, 0.15) is 5.60 Å². The van der Waals surface area contributed by atoms with E-state index in [2.05, 4.69) is 32.6 Å². The Morgan fingerprint density at radius 2 is 1.73 bits per heavy atom. The number of ether oxygens (including phenoxy) is 1. The molecule has 0 saturated heterocycles. The van der Waals surface area contributed by atoms with Gasteiger partial charge in [-0.15, -0.1) is 0 Å². The van der Waals surface area contributed by atoms with Gasteiger partial charge in [0, 0.05) is 9.26 Å². The highest BCUT2D eigenvalue weighted by Gasteiger charge is 2.20. The van der Waals surface area contributed by atoms with Gasteiger partial charge in [0.15, 0.2) is 0 Å². The second kappa shape index (κ2) is 8.01. The van der Waals surface area contributed by atoms with Gasteiger partial charge in [-0.25, -0.2) is 13.2 Å². The molecule has 0 radical (unpaired) electrons. The third-order valence-corrected chi connectivity index (χ3v) is 5.41. The van der Waals surface area contributed by atoms with E-state index in [1.54, 1.807) is 45.0 Å². The standard InChI is InChI=1S/C17H18ClIN2O4S/c1-17(2,3)25-16(22)20-15-10-13(8-9-14(15)18)26(23,24)21-12-6-4-11(19)5-7-12/h4-10,21H,1-3H3,(H,20,22). The predicted octanol–water partition coefficient (Wildman–Crippen LogP) is 5.09. The maximum absolute atomic E-state index is 12.6. The summed E-state index contributed by atoms with van der Waals surface area (Å²) in [7, 11) is -3.84. The van der Waals surface area contributed by atoms with Gasteiger partial charge in [0.25, 0.3) is 10.0 Å². The number of benzene rings is 2. The van der Waals surface area contributed by atoms with Crippen LogP contribution in [0.1, 0.15) is 20.8 Å². The number of hydrogen-bond acceptors (Lipinski definition) is 4. The Bertz CT molecular complexity index is 909. The molecule has 0 aromatic heterocycles. The second-order valence-electron chi connectivity index (χ2n) is 6.38. The van der Waals surface area contributed by atoms with Gasteiger partial charge >= 0.3 is 6.09 Å². The van der Waals surface area contributed by atoms with E-state index < -0.39 is 21.7 Å².